The molecular formula is C26H24ClN3O2. The molecular weight excluding hydrogens is 422 g/mol. The van der Waals surface area contributed by atoms with E-state index in [1.54, 1.807) is 24.3 Å². The van der Waals surface area contributed by atoms with Crippen molar-refractivity contribution >= 4 is 40.0 Å². The third-order valence-corrected chi connectivity index (χ3v) is 5.66. The molecule has 162 valence electrons. The van der Waals surface area contributed by atoms with Gasteiger partial charge in [0.15, 0.2) is 0 Å². The maximum Gasteiger partial charge on any atom is 0.247 e. The first-order valence-corrected chi connectivity index (χ1v) is 10.8. The second-order valence-electron chi connectivity index (χ2n) is 7.76. The van der Waals surface area contributed by atoms with Crippen molar-refractivity contribution in [1.82, 2.24) is 10.3 Å². The summed E-state index contributed by atoms with van der Waals surface area (Å²) in [6, 6.07) is 23.7. The Bertz CT molecular complexity index is 1230. The molecule has 0 saturated heterocycles. The molecule has 0 spiro atoms. The number of rotatable bonds is 7. The number of carbonyl (C=O) groups is 2. The molecule has 0 aliphatic heterocycles. The molecule has 0 radical (unpaired) electrons. The standard InChI is InChI=1S/C26H24ClN3O2/c1-17-22(21-9-5-6-10-23(21)28-17)16-25(31)30-24(15-18-7-3-2-4-8-18)26(32)29-20-13-11-19(27)12-14-20/h2-14,24,28H,15-16H2,1H3,(H,29,32)(H,30,31)/t24-/m0/s1. The molecule has 32 heavy (non-hydrogen) atoms. The Morgan fingerprint density at radius 2 is 1.62 bits per heavy atom. The van der Waals surface area contributed by atoms with Gasteiger partial charge in [0.25, 0.3) is 0 Å². The van der Waals surface area contributed by atoms with E-state index in [1.807, 2.05) is 61.5 Å². The lowest BCUT2D eigenvalue weighted by atomic mass is 10.0. The van der Waals surface area contributed by atoms with Crippen molar-refractivity contribution in [1.29, 1.82) is 0 Å². The van der Waals surface area contributed by atoms with Crippen LogP contribution in [0.25, 0.3) is 10.9 Å². The molecule has 1 atom stereocenters. The van der Waals surface area contributed by atoms with Gasteiger partial charge in [-0.3, -0.25) is 9.59 Å². The van der Waals surface area contributed by atoms with Crippen LogP contribution >= 0.6 is 11.6 Å². The second kappa shape index (κ2) is 9.71. The summed E-state index contributed by atoms with van der Waals surface area (Å²) in [6.45, 7) is 1.96. The van der Waals surface area contributed by atoms with Crippen molar-refractivity contribution in [2.24, 2.45) is 0 Å². The summed E-state index contributed by atoms with van der Waals surface area (Å²) in [5, 5.41) is 7.42. The zero-order chi connectivity index (χ0) is 22.5. The van der Waals surface area contributed by atoms with Gasteiger partial charge in [-0.05, 0) is 48.4 Å². The topological polar surface area (TPSA) is 74.0 Å². The van der Waals surface area contributed by atoms with E-state index >= 15 is 0 Å². The first-order chi connectivity index (χ1) is 15.5. The van der Waals surface area contributed by atoms with Crippen LogP contribution in [0.5, 0.6) is 0 Å². The van der Waals surface area contributed by atoms with Crippen molar-refractivity contribution in [2.45, 2.75) is 25.8 Å². The van der Waals surface area contributed by atoms with E-state index < -0.39 is 6.04 Å². The molecule has 3 aromatic carbocycles. The Hall–Kier alpha value is -3.57. The number of hydrogen-bond acceptors (Lipinski definition) is 2. The summed E-state index contributed by atoms with van der Waals surface area (Å²) in [5.74, 6) is -0.481. The summed E-state index contributed by atoms with van der Waals surface area (Å²) in [7, 11) is 0. The average Bonchev–Trinajstić information content (AvgIpc) is 3.10. The predicted molar refractivity (Wildman–Crippen MR) is 129 cm³/mol. The quantitative estimate of drug-likeness (QED) is 0.373. The lowest BCUT2D eigenvalue weighted by molar-refractivity contribution is -0.126. The van der Waals surface area contributed by atoms with Crippen molar-refractivity contribution in [2.75, 3.05) is 5.32 Å². The van der Waals surface area contributed by atoms with Crippen LogP contribution in [0.2, 0.25) is 5.02 Å². The molecule has 5 nitrogen and oxygen atoms in total. The van der Waals surface area contributed by atoms with Crippen molar-refractivity contribution < 1.29 is 9.59 Å². The SMILES string of the molecule is Cc1[nH]c2ccccc2c1CC(=O)N[C@@H](Cc1ccccc1)C(=O)Nc1ccc(Cl)cc1. The number of H-pyrrole nitrogens is 1. The number of carbonyl (C=O) groups excluding carboxylic acids is 2. The van der Waals surface area contributed by atoms with Gasteiger partial charge in [0.05, 0.1) is 6.42 Å². The predicted octanol–water partition coefficient (Wildman–Crippen LogP) is 5.04. The number of para-hydroxylation sites is 1. The van der Waals surface area contributed by atoms with Gasteiger partial charge in [-0.2, -0.15) is 0 Å². The Morgan fingerprint density at radius 1 is 0.938 bits per heavy atom. The van der Waals surface area contributed by atoms with Crippen LogP contribution in [0.1, 0.15) is 16.8 Å². The van der Waals surface area contributed by atoms with E-state index in [-0.39, 0.29) is 18.2 Å². The molecule has 0 bridgehead atoms. The van der Waals surface area contributed by atoms with Crippen molar-refractivity contribution in [3.8, 4) is 0 Å². The molecule has 0 fully saturated rings. The van der Waals surface area contributed by atoms with E-state index in [0.29, 0.717) is 17.1 Å². The van der Waals surface area contributed by atoms with Crippen LogP contribution in [0.4, 0.5) is 5.69 Å². The smallest absolute Gasteiger partial charge is 0.247 e. The van der Waals surface area contributed by atoms with Crippen molar-refractivity contribution in [3.05, 3.63) is 101 Å². The van der Waals surface area contributed by atoms with E-state index in [1.165, 1.54) is 0 Å². The summed E-state index contributed by atoms with van der Waals surface area (Å²) in [6.07, 6.45) is 0.578. The molecule has 1 heterocycles. The molecule has 4 rings (SSSR count). The normalized spacial score (nSPS) is 11.8. The van der Waals surface area contributed by atoms with Gasteiger partial charge < -0.3 is 15.6 Å². The molecule has 2 amide bonds. The summed E-state index contributed by atoms with van der Waals surface area (Å²) in [5.41, 5.74) is 4.47. The monoisotopic (exact) mass is 445 g/mol. The van der Waals surface area contributed by atoms with Crippen molar-refractivity contribution in [3.63, 3.8) is 0 Å². The van der Waals surface area contributed by atoms with Crippen LogP contribution in [-0.4, -0.2) is 22.8 Å². The number of aryl methyl sites for hydroxylation is 1. The number of aromatic nitrogens is 1. The molecule has 1 aromatic heterocycles. The molecule has 0 aliphatic rings. The van der Waals surface area contributed by atoms with E-state index in [9.17, 15) is 9.59 Å². The minimum absolute atomic E-state index is 0.190. The van der Waals surface area contributed by atoms with Gasteiger partial charge in [-0.15, -0.1) is 0 Å². The van der Waals surface area contributed by atoms with Crippen LogP contribution < -0.4 is 10.6 Å². The highest BCUT2D eigenvalue weighted by molar-refractivity contribution is 6.30. The first-order valence-electron chi connectivity index (χ1n) is 10.5. The zero-order valence-corrected chi connectivity index (χ0v) is 18.4. The summed E-state index contributed by atoms with van der Waals surface area (Å²) < 4.78 is 0. The molecule has 4 aromatic rings. The molecule has 0 saturated carbocycles. The maximum atomic E-state index is 13.1. The van der Waals surface area contributed by atoms with E-state index in [0.717, 1.165) is 27.7 Å². The first kappa shape index (κ1) is 21.7. The summed E-state index contributed by atoms with van der Waals surface area (Å²) >= 11 is 5.94. The van der Waals surface area contributed by atoms with E-state index in [4.69, 9.17) is 11.6 Å². The third kappa shape index (κ3) is 5.18. The van der Waals surface area contributed by atoms with Gasteiger partial charge in [0.1, 0.15) is 6.04 Å². The number of halogens is 1. The van der Waals surface area contributed by atoms with Gasteiger partial charge in [0, 0.05) is 33.7 Å². The van der Waals surface area contributed by atoms with Crippen LogP contribution in [0.3, 0.4) is 0 Å². The fraction of sp³-hybridized carbons (Fsp3) is 0.154. The lowest BCUT2D eigenvalue weighted by Gasteiger charge is -2.19. The second-order valence-corrected chi connectivity index (χ2v) is 8.19. The van der Waals surface area contributed by atoms with E-state index in [2.05, 4.69) is 15.6 Å². The number of aromatic amines is 1. The molecule has 0 aliphatic carbocycles. The Morgan fingerprint density at radius 3 is 2.38 bits per heavy atom. The average molecular weight is 446 g/mol. The number of anilines is 1. The maximum absolute atomic E-state index is 13.1. The number of fused-ring (bicyclic) bond motifs is 1. The lowest BCUT2D eigenvalue weighted by Crippen LogP contribution is -2.45. The summed E-state index contributed by atoms with van der Waals surface area (Å²) in [4.78, 5) is 29.4. The number of nitrogens with one attached hydrogen (secondary N) is 3. The zero-order valence-electron chi connectivity index (χ0n) is 17.7. The largest absolute Gasteiger partial charge is 0.358 e. The fourth-order valence-electron chi connectivity index (χ4n) is 3.79. The van der Waals surface area contributed by atoms with Gasteiger partial charge >= 0.3 is 0 Å². The molecule has 6 heteroatoms. The third-order valence-electron chi connectivity index (χ3n) is 5.41. The Labute approximate surface area is 191 Å². The van der Waals surface area contributed by atoms with Crippen LogP contribution in [-0.2, 0) is 22.4 Å². The van der Waals surface area contributed by atoms with Gasteiger partial charge in [0.2, 0.25) is 11.8 Å². The van der Waals surface area contributed by atoms with Crippen LogP contribution in [0.15, 0.2) is 78.9 Å². The van der Waals surface area contributed by atoms with Crippen LogP contribution in [0, 0.1) is 6.92 Å². The highest BCUT2D eigenvalue weighted by atomic mass is 35.5. The number of benzene rings is 3. The minimum atomic E-state index is -0.717. The highest BCUT2D eigenvalue weighted by Gasteiger charge is 2.22. The minimum Gasteiger partial charge on any atom is -0.358 e. The van der Waals surface area contributed by atoms with Gasteiger partial charge in [-0.25, -0.2) is 0 Å². The number of hydrogen-bond donors (Lipinski definition) is 3. The number of amides is 2. The Kier molecular flexibility index (Phi) is 6.57. The fourth-order valence-corrected chi connectivity index (χ4v) is 3.92. The Balaban J connectivity index is 1.52. The molecule has 3 N–H and O–H groups in total. The van der Waals surface area contributed by atoms with Gasteiger partial charge in [-0.1, -0.05) is 60.1 Å². The highest BCUT2D eigenvalue weighted by Crippen LogP contribution is 2.22. The molecule has 0 unspecified atom stereocenters.